The molecule has 0 saturated carbocycles. The number of aryl methyl sites for hydroxylation is 1. The lowest BCUT2D eigenvalue weighted by Crippen LogP contribution is -2.63. The van der Waals surface area contributed by atoms with E-state index in [-0.39, 0.29) is 18.0 Å². The van der Waals surface area contributed by atoms with Crippen molar-refractivity contribution in [1.29, 1.82) is 5.26 Å². The molecule has 0 radical (unpaired) electrons. The highest BCUT2D eigenvalue weighted by Crippen LogP contribution is 2.45. The van der Waals surface area contributed by atoms with Gasteiger partial charge in [-0.05, 0) is 29.2 Å². The SMILES string of the molecule is C=CCN1[C@H](COC(c2ccccc2)(c2ccccc2)c2ccccc2)[C@@H](c2ccc(C)cc2)[C@@H]1C#N. The average molecular weight is 485 g/mol. The second kappa shape index (κ2) is 11.0. The Morgan fingerprint density at radius 3 is 1.73 bits per heavy atom. The van der Waals surface area contributed by atoms with Gasteiger partial charge in [-0.15, -0.1) is 6.58 Å². The maximum atomic E-state index is 10.1. The third kappa shape index (κ3) is 4.62. The molecule has 3 nitrogen and oxygen atoms in total. The Morgan fingerprint density at radius 2 is 1.30 bits per heavy atom. The molecule has 1 saturated heterocycles. The smallest absolute Gasteiger partial charge is 0.143 e. The van der Waals surface area contributed by atoms with E-state index in [0.717, 1.165) is 16.7 Å². The highest BCUT2D eigenvalue weighted by atomic mass is 16.5. The molecular weight excluding hydrogens is 452 g/mol. The van der Waals surface area contributed by atoms with Gasteiger partial charge in [0, 0.05) is 18.5 Å². The number of hydrogen-bond acceptors (Lipinski definition) is 3. The van der Waals surface area contributed by atoms with Crippen molar-refractivity contribution >= 4 is 0 Å². The standard InChI is InChI=1S/C34H32N2O/c1-3-23-36-31(24-35)33(27-21-19-26(2)20-22-27)32(36)25-37-34(28-13-7-4-8-14-28,29-15-9-5-10-16-29)30-17-11-6-12-18-30/h3-22,31-33H,1,23,25H2,2H3/t31-,32+,33-/m0/s1. The summed E-state index contributed by atoms with van der Waals surface area (Å²) in [6, 6.07) is 42.2. The zero-order valence-corrected chi connectivity index (χ0v) is 21.2. The summed E-state index contributed by atoms with van der Waals surface area (Å²) >= 11 is 0. The van der Waals surface area contributed by atoms with Crippen LogP contribution in [0.3, 0.4) is 0 Å². The van der Waals surface area contributed by atoms with E-state index in [1.165, 1.54) is 11.1 Å². The fraction of sp³-hybridized carbons (Fsp3) is 0.206. The summed E-state index contributed by atoms with van der Waals surface area (Å²) in [5.41, 5.74) is 4.82. The summed E-state index contributed by atoms with van der Waals surface area (Å²) < 4.78 is 7.15. The summed E-state index contributed by atoms with van der Waals surface area (Å²) in [6.07, 6.45) is 1.88. The molecule has 184 valence electrons. The third-order valence-electron chi connectivity index (χ3n) is 7.48. The highest BCUT2D eigenvalue weighted by Gasteiger charge is 2.50. The Morgan fingerprint density at radius 1 is 0.811 bits per heavy atom. The average Bonchev–Trinajstić information content (AvgIpc) is 2.95. The van der Waals surface area contributed by atoms with Crippen LogP contribution < -0.4 is 0 Å². The number of benzene rings is 4. The van der Waals surface area contributed by atoms with Crippen LogP contribution in [0.5, 0.6) is 0 Å². The van der Waals surface area contributed by atoms with E-state index in [9.17, 15) is 5.26 Å². The van der Waals surface area contributed by atoms with Crippen molar-refractivity contribution < 1.29 is 4.74 Å². The first-order valence-corrected chi connectivity index (χ1v) is 12.8. The minimum atomic E-state index is -0.792. The van der Waals surface area contributed by atoms with Crippen LogP contribution in [0.15, 0.2) is 128 Å². The molecule has 1 aliphatic rings. The van der Waals surface area contributed by atoms with E-state index in [1.54, 1.807) is 0 Å². The number of nitrogens with zero attached hydrogens (tertiary/aromatic N) is 2. The van der Waals surface area contributed by atoms with E-state index >= 15 is 0 Å². The molecule has 0 amide bonds. The first-order valence-electron chi connectivity index (χ1n) is 12.8. The largest absolute Gasteiger partial charge is 0.359 e. The summed E-state index contributed by atoms with van der Waals surface area (Å²) in [5, 5.41) is 10.1. The van der Waals surface area contributed by atoms with Gasteiger partial charge < -0.3 is 4.74 Å². The molecule has 1 heterocycles. The van der Waals surface area contributed by atoms with Crippen LogP contribution in [-0.2, 0) is 10.3 Å². The number of nitriles is 1. The van der Waals surface area contributed by atoms with E-state index in [4.69, 9.17) is 4.74 Å². The van der Waals surface area contributed by atoms with E-state index in [2.05, 4.69) is 122 Å². The number of hydrogen-bond donors (Lipinski definition) is 0. The predicted octanol–water partition coefficient (Wildman–Crippen LogP) is 6.85. The molecule has 0 bridgehead atoms. The second-order valence-corrected chi connectivity index (χ2v) is 9.65. The molecule has 0 aromatic heterocycles. The molecule has 37 heavy (non-hydrogen) atoms. The molecule has 1 fully saturated rings. The van der Waals surface area contributed by atoms with Gasteiger partial charge in [0.05, 0.1) is 12.7 Å². The van der Waals surface area contributed by atoms with Crippen molar-refractivity contribution in [3.63, 3.8) is 0 Å². The fourth-order valence-electron chi connectivity index (χ4n) is 5.65. The third-order valence-corrected chi connectivity index (χ3v) is 7.48. The lowest BCUT2D eigenvalue weighted by atomic mass is 9.75. The molecule has 4 aromatic carbocycles. The van der Waals surface area contributed by atoms with Crippen LogP contribution >= 0.6 is 0 Å². The Balaban J connectivity index is 1.59. The Labute approximate surface area is 220 Å². The Bertz CT molecular complexity index is 1250. The van der Waals surface area contributed by atoms with Crippen molar-refractivity contribution in [1.82, 2.24) is 4.90 Å². The van der Waals surface area contributed by atoms with Crippen LogP contribution in [0.25, 0.3) is 0 Å². The zero-order valence-electron chi connectivity index (χ0n) is 21.2. The van der Waals surface area contributed by atoms with E-state index in [1.807, 2.05) is 24.3 Å². The topological polar surface area (TPSA) is 36.3 Å². The Hall–Kier alpha value is -3.97. The van der Waals surface area contributed by atoms with Crippen LogP contribution in [0.1, 0.15) is 33.7 Å². The van der Waals surface area contributed by atoms with Crippen LogP contribution in [0, 0.1) is 18.3 Å². The molecule has 0 N–H and O–H groups in total. The molecule has 0 aliphatic carbocycles. The minimum Gasteiger partial charge on any atom is -0.359 e. The molecule has 4 aromatic rings. The lowest BCUT2D eigenvalue weighted by molar-refractivity contribution is -0.0750. The first kappa shape index (κ1) is 24.7. The van der Waals surface area contributed by atoms with Crippen molar-refractivity contribution in [2.75, 3.05) is 13.2 Å². The van der Waals surface area contributed by atoms with Crippen LogP contribution in [-0.4, -0.2) is 30.1 Å². The molecule has 0 spiro atoms. The van der Waals surface area contributed by atoms with Gasteiger partial charge >= 0.3 is 0 Å². The Kier molecular flexibility index (Phi) is 7.32. The quantitative estimate of drug-likeness (QED) is 0.193. The van der Waals surface area contributed by atoms with Crippen LogP contribution in [0.2, 0.25) is 0 Å². The fourth-order valence-corrected chi connectivity index (χ4v) is 5.65. The van der Waals surface area contributed by atoms with Crippen molar-refractivity contribution in [3.8, 4) is 6.07 Å². The molecule has 5 rings (SSSR count). The maximum Gasteiger partial charge on any atom is 0.143 e. The maximum absolute atomic E-state index is 10.1. The van der Waals surface area contributed by atoms with Crippen LogP contribution in [0.4, 0.5) is 0 Å². The van der Waals surface area contributed by atoms with Gasteiger partial charge in [0.2, 0.25) is 0 Å². The van der Waals surface area contributed by atoms with Crippen molar-refractivity contribution in [2.45, 2.75) is 30.5 Å². The normalized spacial score (nSPS) is 19.5. The first-order chi connectivity index (χ1) is 18.2. The molecule has 3 atom stereocenters. The highest BCUT2D eigenvalue weighted by molar-refractivity contribution is 5.47. The molecule has 3 heteroatoms. The number of likely N-dealkylation sites (tertiary alicyclic amines) is 1. The lowest BCUT2D eigenvalue weighted by Gasteiger charge is -2.53. The minimum absolute atomic E-state index is 0.0425. The summed E-state index contributed by atoms with van der Waals surface area (Å²) in [6.45, 7) is 7.15. The monoisotopic (exact) mass is 484 g/mol. The zero-order chi connectivity index (χ0) is 25.7. The van der Waals surface area contributed by atoms with E-state index < -0.39 is 5.60 Å². The summed E-state index contributed by atoms with van der Waals surface area (Å²) in [7, 11) is 0. The van der Waals surface area contributed by atoms with Gasteiger partial charge in [-0.2, -0.15) is 5.26 Å². The van der Waals surface area contributed by atoms with Gasteiger partial charge in [0.15, 0.2) is 0 Å². The molecule has 0 unspecified atom stereocenters. The summed E-state index contributed by atoms with van der Waals surface area (Å²) in [4.78, 5) is 2.21. The molecular formula is C34H32N2O. The van der Waals surface area contributed by atoms with Gasteiger partial charge in [0.25, 0.3) is 0 Å². The van der Waals surface area contributed by atoms with Crippen molar-refractivity contribution in [3.05, 3.63) is 156 Å². The van der Waals surface area contributed by atoms with Gasteiger partial charge in [-0.1, -0.05) is 127 Å². The molecule has 1 aliphatic heterocycles. The predicted molar refractivity (Wildman–Crippen MR) is 149 cm³/mol. The summed E-state index contributed by atoms with van der Waals surface area (Å²) in [5.74, 6) is 0.0607. The van der Waals surface area contributed by atoms with Gasteiger partial charge in [-0.3, -0.25) is 4.90 Å². The van der Waals surface area contributed by atoms with E-state index in [0.29, 0.717) is 13.2 Å². The second-order valence-electron chi connectivity index (χ2n) is 9.65. The van der Waals surface area contributed by atoms with Gasteiger partial charge in [-0.25, -0.2) is 0 Å². The van der Waals surface area contributed by atoms with Gasteiger partial charge in [0.1, 0.15) is 11.6 Å². The van der Waals surface area contributed by atoms with Crippen molar-refractivity contribution in [2.24, 2.45) is 0 Å². The number of ether oxygens (including phenoxy) is 1. The number of rotatable bonds is 9.